The zero-order chi connectivity index (χ0) is 20.0. The summed E-state index contributed by atoms with van der Waals surface area (Å²) >= 11 is 0. The number of benzene rings is 2. The Balaban J connectivity index is 1.91. The average molecular weight is 398 g/mol. The molecule has 2 aromatic rings. The van der Waals surface area contributed by atoms with E-state index >= 15 is 0 Å². The van der Waals surface area contributed by atoms with Crippen LogP contribution in [0.25, 0.3) is 0 Å². The molecule has 5 nitrogen and oxygen atoms in total. The summed E-state index contributed by atoms with van der Waals surface area (Å²) in [6, 6.07) is 8.71. The maximum Gasteiger partial charge on any atom is 0.416 e. The Bertz CT molecular complexity index is 955. The molecule has 2 amide bonds. The van der Waals surface area contributed by atoms with Crippen LogP contribution in [-0.4, -0.2) is 31.3 Å². The zero-order valence-corrected chi connectivity index (χ0v) is 15.4. The molecule has 0 N–H and O–H groups in total. The summed E-state index contributed by atoms with van der Waals surface area (Å²) in [5.74, 6) is 0. The predicted molar refractivity (Wildman–Crippen MR) is 93.9 cm³/mol. The highest BCUT2D eigenvalue weighted by Gasteiger charge is 2.43. The second-order valence-electron chi connectivity index (χ2n) is 6.40. The lowest BCUT2D eigenvalue weighted by Crippen LogP contribution is -2.39. The third kappa shape index (κ3) is 3.51. The molecule has 0 aliphatic carbocycles. The van der Waals surface area contributed by atoms with Crippen LogP contribution in [0.1, 0.15) is 18.1 Å². The van der Waals surface area contributed by atoms with Crippen LogP contribution in [0.15, 0.2) is 53.4 Å². The zero-order valence-electron chi connectivity index (χ0n) is 14.6. The van der Waals surface area contributed by atoms with Crippen LogP contribution >= 0.6 is 0 Å². The highest BCUT2D eigenvalue weighted by molar-refractivity contribution is 7.89. The minimum Gasteiger partial charge on any atom is -0.291 e. The monoisotopic (exact) mass is 398 g/mol. The summed E-state index contributed by atoms with van der Waals surface area (Å²) < 4.78 is 64.6. The van der Waals surface area contributed by atoms with Crippen molar-refractivity contribution in [2.24, 2.45) is 0 Å². The van der Waals surface area contributed by atoms with Gasteiger partial charge < -0.3 is 0 Å². The Morgan fingerprint density at radius 3 is 2.07 bits per heavy atom. The van der Waals surface area contributed by atoms with Gasteiger partial charge in [0.25, 0.3) is 10.0 Å². The highest BCUT2D eigenvalue weighted by Crippen LogP contribution is 2.33. The van der Waals surface area contributed by atoms with Gasteiger partial charge in [-0.15, -0.1) is 0 Å². The second-order valence-corrected chi connectivity index (χ2v) is 8.22. The van der Waals surface area contributed by atoms with Crippen LogP contribution in [0.4, 0.5) is 23.7 Å². The first-order chi connectivity index (χ1) is 12.5. The number of carbonyl (C=O) groups excluding carboxylic acids is 1. The smallest absolute Gasteiger partial charge is 0.291 e. The van der Waals surface area contributed by atoms with Gasteiger partial charge in [-0.05, 0) is 50.2 Å². The Kier molecular flexibility index (Phi) is 4.67. The number of amides is 2. The van der Waals surface area contributed by atoms with Crippen molar-refractivity contribution in [2.75, 3.05) is 11.4 Å². The van der Waals surface area contributed by atoms with Crippen LogP contribution in [-0.2, 0) is 16.2 Å². The molecule has 0 spiro atoms. The molecule has 1 atom stereocenters. The van der Waals surface area contributed by atoms with Crippen molar-refractivity contribution in [3.63, 3.8) is 0 Å². The number of rotatable bonds is 3. The minimum absolute atomic E-state index is 0.0115. The molecule has 0 radical (unpaired) electrons. The van der Waals surface area contributed by atoms with E-state index in [0.717, 1.165) is 39.0 Å². The average Bonchev–Trinajstić information content (AvgIpc) is 2.89. The van der Waals surface area contributed by atoms with Gasteiger partial charge in [0.2, 0.25) is 0 Å². The number of carbonyl (C=O) groups is 1. The molecule has 144 valence electrons. The first-order valence-electron chi connectivity index (χ1n) is 8.11. The molecule has 1 aliphatic heterocycles. The normalized spacial score (nSPS) is 18.3. The fourth-order valence-electron chi connectivity index (χ4n) is 2.93. The maximum atomic E-state index is 12.9. The van der Waals surface area contributed by atoms with E-state index in [1.54, 1.807) is 19.1 Å². The van der Waals surface area contributed by atoms with E-state index < -0.39 is 33.8 Å². The van der Waals surface area contributed by atoms with Crippen molar-refractivity contribution in [1.82, 2.24) is 4.31 Å². The predicted octanol–water partition coefficient (Wildman–Crippen LogP) is 4.03. The summed E-state index contributed by atoms with van der Waals surface area (Å²) in [7, 11) is -4.06. The minimum atomic E-state index is -4.48. The van der Waals surface area contributed by atoms with Gasteiger partial charge in [-0.2, -0.15) is 13.2 Å². The maximum absolute atomic E-state index is 12.9. The summed E-state index contributed by atoms with van der Waals surface area (Å²) in [5.41, 5.74) is 0.248. The van der Waals surface area contributed by atoms with Crippen LogP contribution in [0.2, 0.25) is 0 Å². The van der Waals surface area contributed by atoms with Gasteiger partial charge in [-0.25, -0.2) is 17.5 Å². The van der Waals surface area contributed by atoms with Crippen molar-refractivity contribution >= 4 is 21.7 Å². The van der Waals surface area contributed by atoms with Crippen LogP contribution in [0.3, 0.4) is 0 Å². The highest BCUT2D eigenvalue weighted by atomic mass is 32.2. The lowest BCUT2D eigenvalue weighted by Gasteiger charge is -2.21. The Morgan fingerprint density at radius 2 is 1.56 bits per heavy atom. The van der Waals surface area contributed by atoms with E-state index in [9.17, 15) is 26.4 Å². The fourth-order valence-corrected chi connectivity index (χ4v) is 4.49. The number of anilines is 1. The number of hydrogen-bond acceptors (Lipinski definition) is 3. The first-order valence-corrected chi connectivity index (χ1v) is 9.55. The van der Waals surface area contributed by atoms with E-state index in [4.69, 9.17) is 0 Å². The van der Waals surface area contributed by atoms with Crippen LogP contribution in [0.5, 0.6) is 0 Å². The number of alkyl halides is 3. The van der Waals surface area contributed by atoms with Gasteiger partial charge in [0.15, 0.2) is 0 Å². The van der Waals surface area contributed by atoms with E-state index in [1.807, 2.05) is 6.92 Å². The van der Waals surface area contributed by atoms with Gasteiger partial charge in [0.05, 0.1) is 16.5 Å². The molecular weight excluding hydrogens is 381 g/mol. The van der Waals surface area contributed by atoms with E-state index in [1.165, 1.54) is 12.1 Å². The molecular formula is C18H17F3N2O3S. The third-order valence-electron chi connectivity index (χ3n) is 4.35. The molecule has 0 aromatic heterocycles. The van der Waals surface area contributed by atoms with E-state index in [0.29, 0.717) is 0 Å². The van der Waals surface area contributed by atoms with Crippen LogP contribution < -0.4 is 4.90 Å². The molecule has 0 saturated carbocycles. The van der Waals surface area contributed by atoms with Gasteiger partial charge in [0.1, 0.15) is 0 Å². The van der Waals surface area contributed by atoms with Crippen molar-refractivity contribution in [3.05, 3.63) is 59.7 Å². The van der Waals surface area contributed by atoms with Gasteiger partial charge in [0, 0.05) is 12.2 Å². The largest absolute Gasteiger partial charge is 0.416 e. The van der Waals surface area contributed by atoms with E-state index in [2.05, 4.69) is 0 Å². The lowest BCUT2D eigenvalue weighted by atomic mass is 10.2. The number of hydrogen-bond donors (Lipinski definition) is 0. The molecule has 1 fully saturated rings. The van der Waals surface area contributed by atoms with Gasteiger partial charge in [-0.1, -0.05) is 17.7 Å². The molecule has 1 heterocycles. The molecule has 0 bridgehead atoms. The van der Waals surface area contributed by atoms with Crippen molar-refractivity contribution < 1.29 is 26.4 Å². The summed E-state index contributed by atoms with van der Waals surface area (Å²) in [5, 5.41) is 0. The SMILES string of the molecule is Cc1ccc(S(=O)(=O)N2C(=O)N(c3ccc(C(F)(F)F)cc3)CC2C)cc1. The third-order valence-corrected chi connectivity index (χ3v) is 6.25. The number of halogens is 3. The molecule has 3 rings (SSSR count). The molecule has 9 heteroatoms. The van der Waals surface area contributed by atoms with Crippen molar-refractivity contribution in [1.29, 1.82) is 0 Å². The Morgan fingerprint density at radius 1 is 1.00 bits per heavy atom. The topological polar surface area (TPSA) is 57.7 Å². The van der Waals surface area contributed by atoms with Gasteiger partial charge in [-0.3, -0.25) is 4.90 Å². The number of aryl methyl sites for hydroxylation is 1. The number of nitrogens with zero attached hydrogens (tertiary/aromatic N) is 2. The number of urea groups is 1. The number of sulfonamides is 1. The Labute approximate surface area is 155 Å². The first kappa shape index (κ1) is 19.2. The molecule has 1 unspecified atom stereocenters. The Hall–Kier alpha value is -2.55. The molecule has 27 heavy (non-hydrogen) atoms. The van der Waals surface area contributed by atoms with Crippen LogP contribution in [0, 0.1) is 6.92 Å². The summed E-state index contributed by atoms with van der Waals surface area (Å²) in [6.45, 7) is 3.44. The second kappa shape index (κ2) is 6.56. The van der Waals surface area contributed by atoms with Crippen molar-refractivity contribution in [2.45, 2.75) is 31.0 Å². The molecule has 1 aliphatic rings. The lowest BCUT2D eigenvalue weighted by molar-refractivity contribution is -0.137. The molecule has 2 aromatic carbocycles. The summed E-state index contributed by atoms with van der Waals surface area (Å²) in [4.78, 5) is 13.9. The van der Waals surface area contributed by atoms with Crippen molar-refractivity contribution in [3.8, 4) is 0 Å². The quantitative estimate of drug-likeness (QED) is 0.784. The van der Waals surface area contributed by atoms with E-state index in [-0.39, 0.29) is 17.1 Å². The molecule has 1 saturated heterocycles. The standard InChI is InChI=1S/C18H17F3N2O3S/c1-12-3-9-16(10-4-12)27(25,26)23-13(2)11-22(17(23)24)15-7-5-14(6-8-15)18(19,20)21/h3-10,13H,11H2,1-2H3. The fraction of sp³-hybridized carbons (Fsp3) is 0.278. The van der Waals surface area contributed by atoms with Gasteiger partial charge >= 0.3 is 12.2 Å². The summed E-state index contributed by atoms with van der Waals surface area (Å²) in [6.07, 6.45) is -4.48.